The van der Waals surface area contributed by atoms with Gasteiger partial charge < -0.3 is 16.4 Å². The maximum absolute atomic E-state index is 11.9. The van der Waals surface area contributed by atoms with Crippen LogP contribution >= 0.6 is 22.7 Å². The van der Waals surface area contributed by atoms with E-state index in [2.05, 4.69) is 20.6 Å². The van der Waals surface area contributed by atoms with Crippen LogP contribution in [-0.4, -0.2) is 29.0 Å². The number of nitrogens with two attached hydrogens (primary N) is 1. The van der Waals surface area contributed by atoms with Gasteiger partial charge in [-0.15, -0.1) is 11.3 Å². The second-order valence-corrected chi connectivity index (χ2v) is 5.67. The van der Waals surface area contributed by atoms with Crippen molar-refractivity contribution in [1.82, 2.24) is 15.3 Å². The van der Waals surface area contributed by atoms with Crippen LogP contribution in [0.25, 0.3) is 0 Å². The van der Waals surface area contributed by atoms with Crippen molar-refractivity contribution in [2.45, 2.75) is 13.3 Å². The molecule has 0 spiro atoms. The summed E-state index contributed by atoms with van der Waals surface area (Å²) in [7, 11) is 0. The van der Waals surface area contributed by atoms with Crippen LogP contribution in [0.15, 0.2) is 11.6 Å². The normalized spacial score (nSPS) is 10.4. The van der Waals surface area contributed by atoms with Crippen molar-refractivity contribution in [3.8, 4) is 0 Å². The fraction of sp³-hybridized carbons (Fsp3) is 0.364. The molecule has 1 amide bonds. The summed E-state index contributed by atoms with van der Waals surface area (Å²) in [6, 6.07) is 0. The van der Waals surface area contributed by atoms with E-state index in [4.69, 9.17) is 5.73 Å². The molecule has 6 nitrogen and oxygen atoms in total. The number of carbonyl (C=O) groups is 1. The minimum Gasteiger partial charge on any atom is -0.382 e. The highest BCUT2D eigenvalue weighted by atomic mass is 32.1. The summed E-state index contributed by atoms with van der Waals surface area (Å²) in [6.07, 6.45) is 2.48. The average molecular weight is 297 g/mol. The van der Waals surface area contributed by atoms with E-state index in [1.807, 2.05) is 12.3 Å². The van der Waals surface area contributed by atoms with E-state index in [1.54, 1.807) is 17.5 Å². The molecule has 0 saturated carbocycles. The van der Waals surface area contributed by atoms with E-state index in [-0.39, 0.29) is 11.7 Å². The first kappa shape index (κ1) is 13.8. The molecule has 0 unspecified atom stereocenters. The molecular formula is C11H15N5OS2. The lowest BCUT2D eigenvalue weighted by atomic mass is 10.4. The fourth-order valence-corrected chi connectivity index (χ4v) is 2.95. The first-order valence-corrected chi connectivity index (χ1v) is 7.57. The Hall–Kier alpha value is -1.67. The van der Waals surface area contributed by atoms with E-state index in [9.17, 15) is 4.79 Å². The Balaban J connectivity index is 1.88. The van der Waals surface area contributed by atoms with Crippen LogP contribution in [0.2, 0.25) is 0 Å². The lowest BCUT2D eigenvalue weighted by molar-refractivity contribution is 0.0959. The van der Waals surface area contributed by atoms with Gasteiger partial charge in [0, 0.05) is 31.1 Å². The second-order valence-electron chi connectivity index (χ2n) is 3.70. The molecule has 0 fully saturated rings. The van der Waals surface area contributed by atoms with Crippen molar-refractivity contribution in [3.63, 3.8) is 0 Å². The van der Waals surface area contributed by atoms with E-state index < -0.39 is 0 Å². The van der Waals surface area contributed by atoms with Gasteiger partial charge in [-0.1, -0.05) is 11.3 Å². The third-order valence-corrected chi connectivity index (χ3v) is 4.16. The number of aromatic nitrogens is 2. The molecule has 0 aliphatic rings. The number of rotatable bonds is 6. The Bertz CT molecular complexity index is 537. The number of amides is 1. The summed E-state index contributed by atoms with van der Waals surface area (Å²) in [4.78, 5) is 20.6. The Morgan fingerprint density at radius 1 is 1.53 bits per heavy atom. The van der Waals surface area contributed by atoms with E-state index in [0.29, 0.717) is 16.6 Å². The predicted molar refractivity (Wildman–Crippen MR) is 78.8 cm³/mol. The van der Waals surface area contributed by atoms with Gasteiger partial charge in [0.2, 0.25) is 0 Å². The number of nitrogen functional groups attached to an aromatic ring is 1. The van der Waals surface area contributed by atoms with Crippen molar-refractivity contribution >= 4 is 39.5 Å². The van der Waals surface area contributed by atoms with Crippen LogP contribution in [0.1, 0.15) is 21.6 Å². The SMILES string of the molecule is CCNc1nc(N)c(C(=O)NCCc2nccs2)s1. The molecular weight excluding hydrogens is 282 g/mol. The first-order valence-electron chi connectivity index (χ1n) is 5.87. The third-order valence-electron chi connectivity index (χ3n) is 2.30. The van der Waals surface area contributed by atoms with Crippen LogP contribution in [0.5, 0.6) is 0 Å². The minimum absolute atomic E-state index is 0.185. The fourth-order valence-electron chi connectivity index (χ4n) is 1.46. The van der Waals surface area contributed by atoms with Gasteiger partial charge in [-0.2, -0.15) is 0 Å². The van der Waals surface area contributed by atoms with Crippen LogP contribution < -0.4 is 16.4 Å². The minimum atomic E-state index is -0.185. The van der Waals surface area contributed by atoms with Gasteiger partial charge >= 0.3 is 0 Å². The summed E-state index contributed by atoms with van der Waals surface area (Å²) >= 11 is 2.85. The average Bonchev–Trinajstić information content (AvgIpc) is 2.99. The summed E-state index contributed by atoms with van der Waals surface area (Å²) in [5, 5.41) is 9.46. The number of hydrogen-bond donors (Lipinski definition) is 3. The Morgan fingerprint density at radius 3 is 3.05 bits per heavy atom. The van der Waals surface area contributed by atoms with Gasteiger partial charge in [-0.25, -0.2) is 9.97 Å². The van der Waals surface area contributed by atoms with Crippen LogP contribution in [0.3, 0.4) is 0 Å². The van der Waals surface area contributed by atoms with Gasteiger partial charge in [-0.05, 0) is 6.92 Å². The molecule has 0 aliphatic carbocycles. The number of nitrogens with zero attached hydrogens (tertiary/aromatic N) is 2. The molecule has 0 radical (unpaired) electrons. The highest BCUT2D eigenvalue weighted by molar-refractivity contribution is 7.18. The molecule has 0 aromatic carbocycles. The zero-order chi connectivity index (χ0) is 13.7. The molecule has 19 heavy (non-hydrogen) atoms. The Labute approximate surface area is 119 Å². The van der Waals surface area contributed by atoms with Crippen molar-refractivity contribution in [2.75, 3.05) is 24.1 Å². The number of carbonyl (C=O) groups excluding carboxylic acids is 1. The van der Waals surface area contributed by atoms with Gasteiger partial charge in [0.25, 0.3) is 5.91 Å². The molecule has 0 saturated heterocycles. The van der Waals surface area contributed by atoms with Crippen LogP contribution in [-0.2, 0) is 6.42 Å². The molecule has 2 aromatic rings. The van der Waals surface area contributed by atoms with E-state index >= 15 is 0 Å². The number of thiazole rings is 2. The van der Waals surface area contributed by atoms with Crippen molar-refractivity contribution < 1.29 is 4.79 Å². The number of nitrogens with one attached hydrogen (secondary N) is 2. The van der Waals surface area contributed by atoms with Gasteiger partial charge in [-0.3, -0.25) is 4.79 Å². The van der Waals surface area contributed by atoms with Crippen LogP contribution in [0.4, 0.5) is 10.9 Å². The quantitative estimate of drug-likeness (QED) is 0.753. The van der Waals surface area contributed by atoms with Gasteiger partial charge in [0.15, 0.2) is 5.13 Å². The van der Waals surface area contributed by atoms with Gasteiger partial charge in [0.05, 0.1) is 5.01 Å². The first-order chi connectivity index (χ1) is 9.20. The molecule has 102 valence electrons. The third kappa shape index (κ3) is 3.65. The zero-order valence-corrected chi connectivity index (χ0v) is 12.1. The van der Waals surface area contributed by atoms with Gasteiger partial charge in [0.1, 0.15) is 10.7 Å². The van der Waals surface area contributed by atoms with E-state index in [1.165, 1.54) is 11.3 Å². The maximum atomic E-state index is 11.9. The lowest BCUT2D eigenvalue weighted by Gasteiger charge is -2.01. The predicted octanol–water partition coefficient (Wildman–Crippen LogP) is 1.59. The zero-order valence-electron chi connectivity index (χ0n) is 10.5. The van der Waals surface area contributed by atoms with Crippen LogP contribution in [0, 0.1) is 0 Å². The molecule has 0 bridgehead atoms. The highest BCUT2D eigenvalue weighted by Crippen LogP contribution is 2.24. The number of hydrogen-bond acceptors (Lipinski definition) is 7. The molecule has 0 atom stereocenters. The molecule has 2 aromatic heterocycles. The Morgan fingerprint density at radius 2 is 2.37 bits per heavy atom. The number of anilines is 2. The summed E-state index contributed by atoms with van der Waals surface area (Å²) in [6.45, 7) is 3.25. The topological polar surface area (TPSA) is 92.9 Å². The lowest BCUT2D eigenvalue weighted by Crippen LogP contribution is -2.25. The monoisotopic (exact) mass is 297 g/mol. The second kappa shape index (κ2) is 6.48. The molecule has 2 rings (SSSR count). The van der Waals surface area contributed by atoms with Crippen molar-refractivity contribution in [1.29, 1.82) is 0 Å². The standard InChI is InChI=1S/C11H15N5OS2/c1-2-13-11-16-9(12)8(19-11)10(17)15-4-3-7-14-5-6-18-7/h5-6H,2-4,12H2,1H3,(H,13,16)(H,15,17). The molecule has 4 N–H and O–H groups in total. The summed E-state index contributed by atoms with van der Waals surface area (Å²) < 4.78 is 0. The summed E-state index contributed by atoms with van der Waals surface area (Å²) in [5.74, 6) is 0.0865. The summed E-state index contributed by atoms with van der Waals surface area (Å²) in [5.41, 5.74) is 5.73. The molecule has 2 heterocycles. The maximum Gasteiger partial charge on any atom is 0.265 e. The Kier molecular flexibility index (Phi) is 4.69. The largest absolute Gasteiger partial charge is 0.382 e. The smallest absolute Gasteiger partial charge is 0.265 e. The molecule has 8 heteroatoms. The van der Waals surface area contributed by atoms with E-state index in [0.717, 1.165) is 18.0 Å². The van der Waals surface area contributed by atoms with Crippen molar-refractivity contribution in [2.24, 2.45) is 0 Å². The molecule has 0 aliphatic heterocycles. The highest BCUT2D eigenvalue weighted by Gasteiger charge is 2.15. The van der Waals surface area contributed by atoms with Crippen molar-refractivity contribution in [3.05, 3.63) is 21.5 Å².